The number of rotatable bonds is 5. The molecule has 0 aromatic carbocycles. The van der Waals surface area contributed by atoms with Crippen LogP contribution in [0.4, 0.5) is 10.5 Å². The molecule has 0 unspecified atom stereocenters. The van der Waals surface area contributed by atoms with Gasteiger partial charge in [-0.3, -0.25) is 9.48 Å². The molecule has 10 nitrogen and oxygen atoms in total. The Morgan fingerprint density at radius 1 is 1.33 bits per heavy atom. The lowest BCUT2D eigenvalue weighted by Crippen LogP contribution is -2.46. The number of amides is 2. The van der Waals surface area contributed by atoms with E-state index in [9.17, 15) is 9.59 Å². The van der Waals surface area contributed by atoms with Gasteiger partial charge in [0.15, 0.2) is 3.92 Å². The zero-order valence-electron chi connectivity index (χ0n) is 19.6. The highest BCUT2D eigenvalue weighted by atomic mass is 79.9. The summed E-state index contributed by atoms with van der Waals surface area (Å²) in [6.07, 6.45) is 1.60. The second-order valence-electron chi connectivity index (χ2n) is 8.82. The third-order valence-corrected chi connectivity index (χ3v) is 6.60. The molecular weight excluding hydrogens is 514 g/mol. The standard InChI is InChI=1S/C21H30BrN5O5S/c1-11-16(26-19(22)33-11)18(28)24-13-9-23-27(5)17(13)14-8-7-12(15(30-6)10-31-14)25-20(29)32-21(2,3)4/h9,12,14-15H,7-8,10H2,1-6H3,(H,24,28)(H,25,29)/t12-,14+,15-/m1/s1. The number of carbonyl (C=O) groups excluding carboxylic acids is 2. The Labute approximate surface area is 205 Å². The number of ether oxygens (including phenoxy) is 3. The molecule has 1 saturated heterocycles. The number of methoxy groups -OCH3 is 1. The van der Waals surface area contributed by atoms with Gasteiger partial charge in [0.25, 0.3) is 5.91 Å². The molecule has 12 heteroatoms. The molecule has 2 N–H and O–H groups in total. The molecule has 3 atom stereocenters. The average molecular weight is 544 g/mol. The first kappa shape index (κ1) is 25.6. The molecule has 3 heterocycles. The van der Waals surface area contributed by atoms with Crippen LogP contribution in [0, 0.1) is 6.92 Å². The van der Waals surface area contributed by atoms with Gasteiger partial charge in [-0.1, -0.05) is 0 Å². The van der Waals surface area contributed by atoms with Crippen molar-refractivity contribution in [2.75, 3.05) is 19.0 Å². The first-order valence-corrected chi connectivity index (χ1v) is 12.2. The smallest absolute Gasteiger partial charge is 0.407 e. The van der Waals surface area contributed by atoms with Crippen molar-refractivity contribution < 1.29 is 23.8 Å². The van der Waals surface area contributed by atoms with Crippen LogP contribution in [0.2, 0.25) is 0 Å². The van der Waals surface area contributed by atoms with Gasteiger partial charge >= 0.3 is 6.09 Å². The van der Waals surface area contributed by atoms with Gasteiger partial charge in [-0.2, -0.15) is 5.10 Å². The second-order valence-corrected chi connectivity index (χ2v) is 11.3. The molecule has 1 aliphatic heterocycles. The van der Waals surface area contributed by atoms with E-state index in [1.165, 1.54) is 11.3 Å². The van der Waals surface area contributed by atoms with Crippen LogP contribution in [-0.2, 0) is 21.3 Å². The topological polar surface area (TPSA) is 117 Å². The van der Waals surface area contributed by atoms with Crippen LogP contribution < -0.4 is 10.6 Å². The fraction of sp³-hybridized carbons (Fsp3) is 0.619. The number of hydrogen-bond acceptors (Lipinski definition) is 8. The summed E-state index contributed by atoms with van der Waals surface area (Å²) in [5, 5.41) is 10.1. The number of alkyl carbamates (subject to hydrolysis) is 1. The zero-order chi connectivity index (χ0) is 24.3. The molecule has 1 fully saturated rings. The normalized spacial score (nSPS) is 21.4. The molecule has 0 bridgehead atoms. The molecule has 2 aromatic rings. The summed E-state index contributed by atoms with van der Waals surface area (Å²) in [5.41, 5.74) is 1.07. The van der Waals surface area contributed by atoms with Crippen molar-refractivity contribution in [3.05, 3.63) is 26.4 Å². The summed E-state index contributed by atoms with van der Waals surface area (Å²) in [5.74, 6) is -0.309. The Kier molecular flexibility index (Phi) is 8.14. The molecular formula is C21H30BrN5O5S. The summed E-state index contributed by atoms with van der Waals surface area (Å²) in [7, 11) is 3.39. The number of halogens is 1. The SMILES string of the molecule is CO[C@@H]1CO[C@H](c2c(NC(=O)c3nc(Br)sc3C)cnn2C)CC[C@H]1NC(=O)OC(C)(C)C. The number of thiazole rings is 1. The summed E-state index contributed by atoms with van der Waals surface area (Å²) in [4.78, 5) is 30.2. The van der Waals surface area contributed by atoms with Gasteiger partial charge in [0.1, 0.15) is 23.5 Å². The first-order valence-electron chi connectivity index (χ1n) is 10.6. The Hall–Kier alpha value is -2.02. The number of nitrogens with one attached hydrogen (secondary N) is 2. The van der Waals surface area contributed by atoms with E-state index < -0.39 is 11.7 Å². The van der Waals surface area contributed by atoms with Crippen LogP contribution in [0.1, 0.15) is 60.8 Å². The molecule has 0 radical (unpaired) electrons. The zero-order valence-corrected chi connectivity index (χ0v) is 22.0. The number of aromatic nitrogens is 3. The summed E-state index contributed by atoms with van der Waals surface area (Å²) >= 11 is 4.72. The van der Waals surface area contributed by atoms with Crippen LogP contribution in [0.25, 0.3) is 0 Å². The lowest BCUT2D eigenvalue weighted by atomic mass is 10.0. The molecule has 0 saturated carbocycles. The van der Waals surface area contributed by atoms with Crippen LogP contribution in [0.3, 0.4) is 0 Å². The fourth-order valence-electron chi connectivity index (χ4n) is 3.68. The third kappa shape index (κ3) is 6.52. The number of nitrogens with zero attached hydrogens (tertiary/aromatic N) is 3. The van der Waals surface area contributed by atoms with Crippen molar-refractivity contribution in [1.29, 1.82) is 0 Å². The second kappa shape index (κ2) is 10.5. The molecule has 33 heavy (non-hydrogen) atoms. The minimum atomic E-state index is -0.594. The Morgan fingerprint density at radius 2 is 2.06 bits per heavy atom. The van der Waals surface area contributed by atoms with E-state index in [0.29, 0.717) is 28.1 Å². The van der Waals surface area contributed by atoms with E-state index >= 15 is 0 Å². The van der Waals surface area contributed by atoms with Gasteiger partial charge in [-0.25, -0.2) is 9.78 Å². The third-order valence-electron chi connectivity index (χ3n) is 5.18. The lowest BCUT2D eigenvalue weighted by molar-refractivity contribution is -0.0263. The largest absolute Gasteiger partial charge is 0.444 e. The van der Waals surface area contributed by atoms with Gasteiger partial charge in [-0.15, -0.1) is 11.3 Å². The van der Waals surface area contributed by atoms with Gasteiger partial charge in [0, 0.05) is 19.0 Å². The number of anilines is 1. The van der Waals surface area contributed by atoms with Gasteiger partial charge in [0.05, 0.1) is 30.2 Å². The summed E-state index contributed by atoms with van der Waals surface area (Å²) in [6.45, 7) is 7.56. The maximum Gasteiger partial charge on any atom is 0.407 e. The van der Waals surface area contributed by atoms with Crippen molar-refractivity contribution in [2.45, 2.75) is 64.4 Å². The van der Waals surface area contributed by atoms with Crippen molar-refractivity contribution >= 4 is 45.0 Å². The van der Waals surface area contributed by atoms with E-state index in [-0.39, 0.29) is 30.8 Å². The van der Waals surface area contributed by atoms with E-state index in [1.807, 2.05) is 27.7 Å². The first-order chi connectivity index (χ1) is 15.5. The van der Waals surface area contributed by atoms with E-state index in [0.717, 1.165) is 10.6 Å². The van der Waals surface area contributed by atoms with Crippen molar-refractivity contribution in [3.8, 4) is 0 Å². The van der Waals surface area contributed by atoms with E-state index in [4.69, 9.17) is 14.2 Å². The summed E-state index contributed by atoms with van der Waals surface area (Å²) < 4.78 is 19.5. The molecule has 0 spiro atoms. The Balaban J connectivity index is 1.74. The van der Waals surface area contributed by atoms with Crippen LogP contribution in [-0.4, -0.2) is 58.2 Å². The van der Waals surface area contributed by atoms with E-state index in [2.05, 4.69) is 36.6 Å². The highest BCUT2D eigenvalue weighted by molar-refractivity contribution is 9.11. The van der Waals surface area contributed by atoms with Gasteiger partial charge < -0.3 is 24.8 Å². The maximum atomic E-state index is 12.8. The Morgan fingerprint density at radius 3 is 2.67 bits per heavy atom. The monoisotopic (exact) mass is 543 g/mol. The summed E-state index contributed by atoms with van der Waals surface area (Å²) in [6, 6.07) is -0.281. The van der Waals surface area contributed by atoms with Gasteiger partial charge in [-0.05, 0) is 56.5 Å². The molecule has 2 amide bonds. The number of aryl methyl sites for hydroxylation is 2. The quantitative estimate of drug-likeness (QED) is 0.586. The molecule has 1 aliphatic rings. The lowest BCUT2D eigenvalue weighted by Gasteiger charge is -2.26. The van der Waals surface area contributed by atoms with Gasteiger partial charge in [0.2, 0.25) is 0 Å². The number of hydrogen-bond donors (Lipinski definition) is 2. The van der Waals surface area contributed by atoms with Crippen molar-refractivity contribution in [3.63, 3.8) is 0 Å². The average Bonchev–Trinajstić information content (AvgIpc) is 3.16. The molecule has 3 rings (SSSR count). The van der Waals surface area contributed by atoms with Crippen molar-refractivity contribution in [2.24, 2.45) is 7.05 Å². The highest BCUT2D eigenvalue weighted by Gasteiger charge is 2.33. The molecule has 182 valence electrons. The Bertz CT molecular complexity index is 1000. The fourth-order valence-corrected chi connectivity index (χ4v) is 5.21. The molecule has 0 aliphatic carbocycles. The predicted molar refractivity (Wildman–Crippen MR) is 128 cm³/mol. The van der Waals surface area contributed by atoms with Crippen LogP contribution >= 0.6 is 27.3 Å². The van der Waals surface area contributed by atoms with Crippen LogP contribution in [0.5, 0.6) is 0 Å². The minimum Gasteiger partial charge on any atom is -0.444 e. The number of carbonyl (C=O) groups is 2. The van der Waals surface area contributed by atoms with E-state index in [1.54, 1.807) is 25.0 Å². The highest BCUT2D eigenvalue weighted by Crippen LogP contribution is 2.33. The predicted octanol–water partition coefficient (Wildman–Crippen LogP) is 3.96. The maximum absolute atomic E-state index is 12.8. The van der Waals surface area contributed by atoms with Crippen molar-refractivity contribution in [1.82, 2.24) is 20.1 Å². The minimum absolute atomic E-state index is 0.262. The van der Waals surface area contributed by atoms with Crippen LogP contribution in [0.15, 0.2) is 10.1 Å². The molecule has 2 aromatic heterocycles.